The SMILES string of the molecule is OOOOC1C[N+]12CCCCC2. The predicted molar refractivity (Wildman–Crippen MR) is 38.4 cm³/mol. The maximum absolute atomic E-state index is 7.88. The number of piperidine rings is 1. The zero-order valence-electron chi connectivity index (χ0n) is 6.94. The molecular formula is C7H14NO4+. The largest absolute Gasteiger partial charge is 0.284 e. The predicted octanol–water partition coefficient (Wildman–Crippen LogP) is 0.680. The Hall–Kier alpha value is -0.200. The molecule has 5 heteroatoms. The smallest absolute Gasteiger partial charge is 0.276 e. The van der Waals surface area contributed by atoms with E-state index in [1.54, 1.807) is 0 Å². The van der Waals surface area contributed by atoms with Gasteiger partial charge in [0.15, 0.2) is 6.54 Å². The van der Waals surface area contributed by atoms with Crippen molar-refractivity contribution >= 4 is 0 Å². The molecule has 2 aliphatic rings. The van der Waals surface area contributed by atoms with Gasteiger partial charge >= 0.3 is 0 Å². The van der Waals surface area contributed by atoms with E-state index in [0.717, 1.165) is 11.0 Å². The summed E-state index contributed by atoms with van der Waals surface area (Å²) in [6, 6.07) is 0. The highest BCUT2D eigenvalue weighted by Gasteiger charge is 2.57. The standard InChI is InChI=1S/C7H13NO4/c9-11-12-10-7-6-8(7)4-2-1-3-5-8/h7H,1-6H2/p+1. The average Bonchev–Trinajstić information content (AvgIpc) is 2.77. The van der Waals surface area contributed by atoms with Crippen molar-refractivity contribution in [2.45, 2.75) is 25.5 Å². The molecule has 0 bridgehead atoms. The molecule has 1 unspecified atom stereocenters. The first kappa shape index (κ1) is 8.40. The summed E-state index contributed by atoms with van der Waals surface area (Å²) in [5.74, 6) is 0. The van der Waals surface area contributed by atoms with Crippen LogP contribution in [0.5, 0.6) is 0 Å². The second-order valence-electron chi connectivity index (χ2n) is 3.60. The van der Waals surface area contributed by atoms with Gasteiger partial charge in [-0.15, -0.1) is 4.89 Å². The average molecular weight is 176 g/mol. The van der Waals surface area contributed by atoms with Gasteiger partial charge in [0, 0.05) is 0 Å². The molecule has 0 amide bonds. The van der Waals surface area contributed by atoms with E-state index in [4.69, 9.17) is 10.1 Å². The lowest BCUT2D eigenvalue weighted by atomic mass is 10.1. The number of nitrogens with zero attached hydrogens (tertiary/aromatic N) is 1. The third kappa shape index (κ3) is 1.46. The highest BCUT2D eigenvalue weighted by Crippen LogP contribution is 2.36. The number of quaternary nitrogens is 1. The summed E-state index contributed by atoms with van der Waals surface area (Å²) in [6.07, 6.45) is 3.93. The van der Waals surface area contributed by atoms with Crippen molar-refractivity contribution in [2.75, 3.05) is 19.6 Å². The Balaban J connectivity index is 1.75. The van der Waals surface area contributed by atoms with Gasteiger partial charge in [0.2, 0.25) is 0 Å². The lowest BCUT2D eigenvalue weighted by Gasteiger charge is -2.23. The Labute approximate surface area is 70.8 Å². The number of hydrogen-bond acceptors (Lipinski definition) is 4. The van der Waals surface area contributed by atoms with Crippen molar-refractivity contribution in [3.8, 4) is 0 Å². The lowest BCUT2D eigenvalue weighted by molar-refractivity contribution is -0.851. The van der Waals surface area contributed by atoms with Gasteiger partial charge in [0.1, 0.15) is 0 Å². The van der Waals surface area contributed by atoms with Gasteiger partial charge in [-0.3, -0.25) is 4.48 Å². The summed E-state index contributed by atoms with van der Waals surface area (Å²) < 4.78 is 0.989. The van der Waals surface area contributed by atoms with Crippen molar-refractivity contribution in [3.05, 3.63) is 0 Å². The normalized spacial score (nSPS) is 32.2. The molecule has 0 radical (unpaired) electrons. The van der Waals surface area contributed by atoms with Gasteiger partial charge in [0.05, 0.1) is 13.1 Å². The number of hydrogen-bond donors (Lipinski definition) is 1. The van der Waals surface area contributed by atoms with E-state index in [-0.39, 0.29) is 6.23 Å². The van der Waals surface area contributed by atoms with Crippen molar-refractivity contribution in [2.24, 2.45) is 0 Å². The lowest BCUT2D eigenvalue weighted by Crippen LogP contribution is -2.35. The second kappa shape index (κ2) is 3.27. The van der Waals surface area contributed by atoms with Gasteiger partial charge in [-0.1, -0.05) is 0 Å². The Morgan fingerprint density at radius 2 is 1.92 bits per heavy atom. The van der Waals surface area contributed by atoms with Crippen molar-refractivity contribution < 1.29 is 24.7 Å². The van der Waals surface area contributed by atoms with Crippen molar-refractivity contribution in [3.63, 3.8) is 0 Å². The van der Waals surface area contributed by atoms with E-state index in [2.05, 4.69) is 10.1 Å². The molecule has 1 spiro atoms. The molecule has 0 aromatic rings. The minimum atomic E-state index is 0.0810. The highest BCUT2D eigenvalue weighted by molar-refractivity contribution is 4.67. The Morgan fingerprint density at radius 1 is 1.17 bits per heavy atom. The van der Waals surface area contributed by atoms with Crippen LogP contribution in [0.15, 0.2) is 0 Å². The fraction of sp³-hybridized carbons (Fsp3) is 1.00. The van der Waals surface area contributed by atoms with Crippen LogP contribution in [0.25, 0.3) is 0 Å². The maximum atomic E-state index is 7.88. The van der Waals surface area contributed by atoms with Crippen LogP contribution in [0, 0.1) is 0 Å². The Morgan fingerprint density at radius 3 is 2.58 bits per heavy atom. The molecule has 12 heavy (non-hydrogen) atoms. The molecule has 2 aliphatic heterocycles. The van der Waals surface area contributed by atoms with Crippen LogP contribution in [-0.4, -0.2) is 35.6 Å². The molecule has 5 nitrogen and oxygen atoms in total. The molecule has 0 saturated carbocycles. The number of rotatable bonds is 3. The van der Waals surface area contributed by atoms with Crippen LogP contribution in [0.1, 0.15) is 19.3 Å². The summed E-state index contributed by atoms with van der Waals surface area (Å²) in [7, 11) is 0. The van der Waals surface area contributed by atoms with Gasteiger partial charge in [-0.05, 0) is 29.3 Å². The quantitative estimate of drug-likeness (QED) is 0.297. The van der Waals surface area contributed by atoms with Crippen LogP contribution < -0.4 is 0 Å². The molecule has 0 aromatic carbocycles. The van der Waals surface area contributed by atoms with Crippen LogP contribution in [0.2, 0.25) is 0 Å². The molecular weight excluding hydrogens is 162 g/mol. The molecule has 0 aliphatic carbocycles. The summed E-state index contributed by atoms with van der Waals surface area (Å²) in [5, 5.41) is 15.3. The van der Waals surface area contributed by atoms with Gasteiger partial charge in [0.25, 0.3) is 6.23 Å². The van der Waals surface area contributed by atoms with E-state index in [9.17, 15) is 0 Å². The molecule has 1 N–H and O–H groups in total. The zero-order valence-corrected chi connectivity index (χ0v) is 6.94. The summed E-state index contributed by atoms with van der Waals surface area (Å²) in [4.78, 5) is 4.80. The Kier molecular flexibility index (Phi) is 2.29. The zero-order chi connectivity index (χ0) is 8.44. The second-order valence-corrected chi connectivity index (χ2v) is 3.60. The van der Waals surface area contributed by atoms with Gasteiger partial charge in [-0.25, -0.2) is 5.26 Å². The molecule has 0 aromatic heterocycles. The van der Waals surface area contributed by atoms with Crippen LogP contribution >= 0.6 is 0 Å². The molecule has 1 atom stereocenters. The summed E-state index contributed by atoms with van der Waals surface area (Å²) >= 11 is 0. The fourth-order valence-corrected chi connectivity index (χ4v) is 2.06. The van der Waals surface area contributed by atoms with E-state index in [0.29, 0.717) is 0 Å². The first-order valence-electron chi connectivity index (χ1n) is 4.37. The van der Waals surface area contributed by atoms with Crippen LogP contribution in [0.3, 0.4) is 0 Å². The Bertz CT molecular complexity index is 155. The molecule has 70 valence electrons. The topological polar surface area (TPSA) is 47.9 Å². The molecule has 2 heterocycles. The van der Waals surface area contributed by atoms with Gasteiger partial charge in [-0.2, -0.15) is 0 Å². The fourth-order valence-electron chi connectivity index (χ4n) is 2.06. The van der Waals surface area contributed by atoms with E-state index < -0.39 is 0 Å². The minimum Gasteiger partial charge on any atom is -0.284 e. The van der Waals surface area contributed by atoms with Crippen LogP contribution in [0.4, 0.5) is 0 Å². The van der Waals surface area contributed by atoms with E-state index in [1.807, 2.05) is 0 Å². The molecule has 2 fully saturated rings. The highest BCUT2D eigenvalue weighted by atomic mass is 17.6. The van der Waals surface area contributed by atoms with Gasteiger partial charge < -0.3 is 0 Å². The summed E-state index contributed by atoms with van der Waals surface area (Å²) in [6.45, 7) is 3.32. The third-order valence-electron chi connectivity index (χ3n) is 2.88. The first-order chi connectivity index (χ1) is 5.87. The van der Waals surface area contributed by atoms with Crippen molar-refractivity contribution in [1.29, 1.82) is 0 Å². The first-order valence-corrected chi connectivity index (χ1v) is 4.37. The molecule has 2 rings (SSSR count). The third-order valence-corrected chi connectivity index (χ3v) is 2.88. The van der Waals surface area contributed by atoms with Crippen LogP contribution in [-0.2, 0) is 15.0 Å². The monoisotopic (exact) mass is 176 g/mol. The van der Waals surface area contributed by atoms with E-state index in [1.165, 1.54) is 32.4 Å². The maximum Gasteiger partial charge on any atom is 0.276 e. The van der Waals surface area contributed by atoms with E-state index >= 15 is 0 Å². The molecule has 2 saturated heterocycles. The minimum absolute atomic E-state index is 0.0810. The summed E-state index contributed by atoms with van der Waals surface area (Å²) in [5.41, 5.74) is 0. The van der Waals surface area contributed by atoms with Crippen molar-refractivity contribution in [1.82, 2.24) is 0 Å².